The van der Waals surface area contributed by atoms with Gasteiger partial charge in [-0.2, -0.15) is 5.10 Å². The number of anilines is 1. The van der Waals surface area contributed by atoms with Crippen LogP contribution in [0.4, 0.5) is 5.69 Å². The molecule has 1 rings (SSSR count). The standard InChI is InChI=1S/C14H25N5O2/c1-5-7-14(8-6-2,12(15)18-21)13(20)16-11-9-19(4)17-10(11)3/h9,21H,5-8H2,1-4H3,(H2,15,18)(H,16,20). The van der Waals surface area contributed by atoms with Crippen LogP contribution in [0, 0.1) is 12.3 Å². The second-order valence-electron chi connectivity index (χ2n) is 5.32. The van der Waals surface area contributed by atoms with E-state index in [1.165, 1.54) is 0 Å². The fourth-order valence-corrected chi connectivity index (χ4v) is 2.64. The van der Waals surface area contributed by atoms with Crippen LogP contribution in [0.3, 0.4) is 0 Å². The van der Waals surface area contributed by atoms with Crippen molar-refractivity contribution in [2.24, 2.45) is 23.4 Å². The Balaban J connectivity index is 3.12. The van der Waals surface area contributed by atoms with Crippen molar-refractivity contribution in [3.8, 4) is 0 Å². The number of aryl methyl sites for hydroxylation is 2. The highest BCUT2D eigenvalue weighted by Gasteiger charge is 2.41. The molecule has 0 atom stereocenters. The molecule has 0 radical (unpaired) electrons. The number of oxime groups is 1. The van der Waals surface area contributed by atoms with E-state index in [1.807, 2.05) is 20.8 Å². The first-order valence-corrected chi connectivity index (χ1v) is 7.21. The summed E-state index contributed by atoms with van der Waals surface area (Å²) in [5, 5.41) is 19.2. The minimum absolute atomic E-state index is 0.0368. The van der Waals surface area contributed by atoms with Gasteiger partial charge in [0.1, 0.15) is 5.41 Å². The Hall–Kier alpha value is -2.05. The number of amides is 1. The Labute approximate surface area is 125 Å². The van der Waals surface area contributed by atoms with Gasteiger partial charge in [-0.25, -0.2) is 0 Å². The zero-order chi connectivity index (χ0) is 16.0. The number of hydrogen-bond donors (Lipinski definition) is 3. The van der Waals surface area contributed by atoms with Crippen molar-refractivity contribution in [1.29, 1.82) is 0 Å². The van der Waals surface area contributed by atoms with E-state index in [1.54, 1.807) is 17.9 Å². The summed E-state index contributed by atoms with van der Waals surface area (Å²) in [5.74, 6) is -0.289. The molecule has 0 saturated heterocycles. The molecule has 1 aromatic rings. The van der Waals surface area contributed by atoms with Gasteiger partial charge < -0.3 is 16.3 Å². The quantitative estimate of drug-likeness (QED) is 0.309. The van der Waals surface area contributed by atoms with Crippen LogP contribution in [-0.4, -0.2) is 26.7 Å². The van der Waals surface area contributed by atoms with E-state index in [4.69, 9.17) is 10.9 Å². The monoisotopic (exact) mass is 295 g/mol. The third-order valence-corrected chi connectivity index (χ3v) is 3.65. The number of nitrogens with two attached hydrogens (primary N) is 1. The molecule has 0 aromatic carbocycles. The summed E-state index contributed by atoms with van der Waals surface area (Å²) >= 11 is 0. The lowest BCUT2D eigenvalue weighted by molar-refractivity contribution is -0.123. The highest BCUT2D eigenvalue weighted by molar-refractivity contribution is 6.11. The van der Waals surface area contributed by atoms with Crippen LogP contribution in [0.5, 0.6) is 0 Å². The molecular weight excluding hydrogens is 270 g/mol. The van der Waals surface area contributed by atoms with Crippen molar-refractivity contribution in [3.63, 3.8) is 0 Å². The molecule has 1 aromatic heterocycles. The minimum Gasteiger partial charge on any atom is -0.409 e. The highest BCUT2D eigenvalue weighted by atomic mass is 16.4. The van der Waals surface area contributed by atoms with Crippen molar-refractivity contribution in [3.05, 3.63) is 11.9 Å². The van der Waals surface area contributed by atoms with Gasteiger partial charge in [-0.1, -0.05) is 31.8 Å². The van der Waals surface area contributed by atoms with E-state index < -0.39 is 5.41 Å². The van der Waals surface area contributed by atoms with Crippen molar-refractivity contribution in [2.45, 2.75) is 46.5 Å². The minimum atomic E-state index is -0.986. The van der Waals surface area contributed by atoms with Crippen LogP contribution < -0.4 is 11.1 Å². The maximum atomic E-state index is 12.8. The third-order valence-electron chi connectivity index (χ3n) is 3.65. The van der Waals surface area contributed by atoms with E-state index in [2.05, 4.69) is 15.6 Å². The number of aromatic nitrogens is 2. The molecular formula is C14H25N5O2. The molecule has 118 valence electrons. The summed E-state index contributed by atoms with van der Waals surface area (Å²) in [6, 6.07) is 0. The van der Waals surface area contributed by atoms with E-state index in [0.717, 1.165) is 18.5 Å². The fraction of sp³-hybridized carbons (Fsp3) is 0.643. The Morgan fingerprint density at radius 3 is 2.43 bits per heavy atom. The van der Waals surface area contributed by atoms with Crippen LogP contribution >= 0.6 is 0 Å². The smallest absolute Gasteiger partial charge is 0.238 e. The number of nitrogens with one attached hydrogen (secondary N) is 1. The molecule has 21 heavy (non-hydrogen) atoms. The molecule has 0 bridgehead atoms. The van der Waals surface area contributed by atoms with E-state index >= 15 is 0 Å². The summed E-state index contributed by atoms with van der Waals surface area (Å²) in [6.07, 6.45) is 4.32. The molecule has 0 aliphatic rings. The molecule has 7 heteroatoms. The van der Waals surface area contributed by atoms with Crippen molar-refractivity contribution in [1.82, 2.24) is 9.78 Å². The number of amidine groups is 1. The molecule has 0 spiro atoms. The van der Waals surface area contributed by atoms with Crippen LogP contribution in [0.15, 0.2) is 11.4 Å². The SMILES string of the molecule is CCCC(CCC)(C(=O)Nc1cn(C)nc1C)C(N)=NO. The lowest BCUT2D eigenvalue weighted by Crippen LogP contribution is -2.47. The lowest BCUT2D eigenvalue weighted by atomic mass is 9.77. The summed E-state index contributed by atoms with van der Waals surface area (Å²) in [5.41, 5.74) is 6.23. The van der Waals surface area contributed by atoms with Crippen molar-refractivity contribution in [2.75, 3.05) is 5.32 Å². The second kappa shape index (κ2) is 7.10. The van der Waals surface area contributed by atoms with E-state index in [0.29, 0.717) is 18.5 Å². The summed E-state index contributed by atoms with van der Waals surface area (Å²) in [6.45, 7) is 5.76. The Morgan fingerprint density at radius 2 is 2.05 bits per heavy atom. The number of carbonyl (C=O) groups excluding carboxylic acids is 1. The fourth-order valence-electron chi connectivity index (χ4n) is 2.64. The molecule has 0 unspecified atom stereocenters. The number of hydrogen-bond acceptors (Lipinski definition) is 4. The molecule has 4 N–H and O–H groups in total. The molecule has 0 aliphatic heterocycles. The topological polar surface area (TPSA) is 106 Å². The van der Waals surface area contributed by atoms with Gasteiger partial charge in [0, 0.05) is 13.2 Å². The van der Waals surface area contributed by atoms with E-state index in [9.17, 15) is 4.79 Å². The Bertz CT molecular complexity index is 515. The van der Waals surface area contributed by atoms with Gasteiger partial charge in [-0.15, -0.1) is 0 Å². The van der Waals surface area contributed by atoms with Gasteiger partial charge in [0.2, 0.25) is 5.91 Å². The van der Waals surface area contributed by atoms with Gasteiger partial charge >= 0.3 is 0 Å². The Kier molecular flexibility index (Phi) is 5.75. The predicted molar refractivity (Wildman–Crippen MR) is 82.2 cm³/mol. The zero-order valence-electron chi connectivity index (χ0n) is 13.2. The first kappa shape index (κ1) is 17.0. The number of nitrogens with zero attached hydrogens (tertiary/aromatic N) is 3. The second-order valence-corrected chi connectivity index (χ2v) is 5.32. The summed E-state index contributed by atoms with van der Waals surface area (Å²) in [4.78, 5) is 12.8. The molecule has 0 saturated carbocycles. The number of carbonyl (C=O) groups is 1. The average Bonchev–Trinajstić information content (AvgIpc) is 2.75. The zero-order valence-corrected chi connectivity index (χ0v) is 13.2. The normalized spacial score (nSPS) is 12.5. The van der Waals surface area contributed by atoms with Gasteiger partial charge in [-0.05, 0) is 19.8 Å². The molecule has 1 heterocycles. The molecule has 1 amide bonds. The maximum absolute atomic E-state index is 12.8. The lowest BCUT2D eigenvalue weighted by Gasteiger charge is -2.30. The summed E-state index contributed by atoms with van der Waals surface area (Å²) in [7, 11) is 1.79. The average molecular weight is 295 g/mol. The van der Waals surface area contributed by atoms with Crippen molar-refractivity contribution < 1.29 is 10.0 Å². The van der Waals surface area contributed by atoms with E-state index in [-0.39, 0.29) is 11.7 Å². The van der Waals surface area contributed by atoms with Crippen LogP contribution in [0.2, 0.25) is 0 Å². The number of rotatable bonds is 7. The molecule has 0 aliphatic carbocycles. The van der Waals surface area contributed by atoms with Gasteiger partial charge in [0.15, 0.2) is 5.84 Å². The largest absolute Gasteiger partial charge is 0.409 e. The highest BCUT2D eigenvalue weighted by Crippen LogP contribution is 2.32. The van der Waals surface area contributed by atoms with Crippen LogP contribution in [0.25, 0.3) is 0 Å². The molecule has 0 fully saturated rings. The first-order chi connectivity index (χ1) is 9.91. The van der Waals surface area contributed by atoms with Gasteiger partial charge in [0.25, 0.3) is 0 Å². The van der Waals surface area contributed by atoms with Crippen LogP contribution in [-0.2, 0) is 11.8 Å². The van der Waals surface area contributed by atoms with Gasteiger partial charge in [-0.3, -0.25) is 9.48 Å². The maximum Gasteiger partial charge on any atom is 0.238 e. The molecule has 7 nitrogen and oxygen atoms in total. The van der Waals surface area contributed by atoms with Crippen LogP contribution in [0.1, 0.15) is 45.2 Å². The Morgan fingerprint density at radius 1 is 1.48 bits per heavy atom. The van der Waals surface area contributed by atoms with Crippen molar-refractivity contribution >= 4 is 17.4 Å². The predicted octanol–water partition coefficient (Wildman–Crippen LogP) is 2.00. The summed E-state index contributed by atoms with van der Waals surface area (Å²) < 4.78 is 1.63. The first-order valence-electron chi connectivity index (χ1n) is 7.21. The third kappa shape index (κ3) is 3.53. The van der Waals surface area contributed by atoms with Gasteiger partial charge in [0.05, 0.1) is 11.4 Å².